The molecule has 0 fully saturated rings. The van der Waals surface area contributed by atoms with Crippen LogP contribution in [0.2, 0.25) is 10.0 Å². The van der Waals surface area contributed by atoms with Gasteiger partial charge in [0.2, 0.25) is 0 Å². The topological polar surface area (TPSA) is 64.6 Å². The number of carbonyl (C=O) groups is 2. The second-order valence-electron chi connectivity index (χ2n) is 6.65. The van der Waals surface area contributed by atoms with Gasteiger partial charge in [-0.15, -0.1) is 11.3 Å². The van der Waals surface area contributed by atoms with E-state index >= 15 is 0 Å². The first-order valence-electron chi connectivity index (χ1n) is 9.60. The number of hydrogen-bond donors (Lipinski definition) is 1. The first-order chi connectivity index (χ1) is 14.8. The van der Waals surface area contributed by atoms with Crippen LogP contribution in [0.3, 0.4) is 0 Å². The average Bonchev–Trinajstić information content (AvgIpc) is 3.06. The molecule has 0 aliphatic rings. The summed E-state index contributed by atoms with van der Waals surface area (Å²) in [6, 6.07) is 14.3. The van der Waals surface area contributed by atoms with Crippen molar-refractivity contribution >= 4 is 51.4 Å². The Kier molecular flexibility index (Phi) is 7.59. The summed E-state index contributed by atoms with van der Waals surface area (Å²) in [6.45, 7) is 5.47. The van der Waals surface area contributed by atoms with Gasteiger partial charge in [-0.25, -0.2) is 4.79 Å². The molecular weight excluding hydrogens is 457 g/mol. The Morgan fingerprint density at radius 1 is 1.13 bits per heavy atom. The van der Waals surface area contributed by atoms with Gasteiger partial charge in [-0.2, -0.15) is 0 Å². The monoisotopic (exact) mass is 477 g/mol. The first-order valence-corrected chi connectivity index (χ1v) is 11.2. The zero-order valence-corrected chi connectivity index (χ0v) is 19.5. The summed E-state index contributed by atoms with van der Waals surface area (Å²) in [7, 11) is 0. The molecule has 0 aliphatic carbocycles. The number of benzene rings is 2. The minimum Gasteiger partial charge on any atom is -0.479 e. The van der Waals surface area contributed by atoms with Gasteiger partial charge in [-0.05, 0) is 44.5 Å². The third-order valence-corrected chi connectivity index (χ3v) is 5.98. The van der Waals surface area contributed by atoms with Crippen LogP contribution in [0.1, 0.15) is 29.1 Å². The highest BCUT2D eigenvalue weighted by Gasteiger charge is 2.27. The van der Waals surface area contributed by atoms with Crippen molar-refractivity contribution in [1.29, 1.82) is 0 Å². The van der Waals surface area contributed by atoms with Crippen LogP contribution in [0.15, 0.2) is 48.5 Å². The number of thiophene rings is 1. The number of halogens is 2. The molecule has 1 N–H and O–H groups in total. The smallest absolute Gasteiger partial charge is 0.341 e. The lowest BCUT2D eigenvalue weighted by atomic mass is 10.0. The Labute approximate surface area is 194 Å². The molecule has 31 heavy (non-hydrogen) atoms. The number of aryl methyl sites for hydroxylation is 1. The maximum Gasteiger partial charge on any atom is 0.341 e. The van der Waals surface area contributed by atoms with Gasteiger partial charge in [0.25, 0.3) is 5.91 Å². The molecule has 1 aromatic heterocycles. The molecule has 2 aromatic carbocycles. The summed E-state index contributed by atoms with van der Waals surface area (Å²) in [5.74, 6) is -0.570. The lowest BCUT2D eigenvalue weighted by Gasteiger charge is -2.16. The molecular formula is C23H21Cl2NO4S. The molecule has 3 rings (SSSR count). The zero-order valence-electron chi connectivity index (χ0n) is 17.2. The standard InChI is InChI=1S/C23H21Cl2NO4S/c1-4-29-23(28)20-19(15-8-6-5-7-9-15)14(3)31-22(20)26-21(27)13(2)30-18-11-10-16(24)12-17(18)25/h5-13H,4H2,1-3H3,(H,26,27). The lowest BCUT2D eigenvalue weighted by molar-refractivity contribution is -0.122. The average molecular weight is 478 g/mol. The molecule has 0 saturated heterocycles. The molecule has 1 atom stereocenters. The molecule has 1 amide bonds. The molecule has 0 aliphatic heterocycles. The highest BCUT2D eigenvalue weighted by Crippen LogP contribution is 2.40. The maximum atomic E-state index is 12.8. The summed E-state index contributed by atoms with van der Waals surface area (Å²) in [4.78, 5) is 26.5. The van der Waals surface area contributed by atoms with Crippen molar-refractivity contribution in [1.82, 2.24) is 0 Å². The minimum atomic E-state index is -0.865. The van der Waals surface area contributed by atoms with Crippen LogP contribution in [-0.2, 0) is 9.53 Å². The van der Waals surface area contributed by atoms with E-state index in [0.29, 0.717) is 26.4 Å². The molecule has 0 radical (unpaired) electrons. The van der Waals surface area contributed by atoms with E-state index in [1.165, 1.54) is 17.4 Å². The van der Waals surface area contributed by atoms with Gasteiger partial charge < -0.3 is 14.8 Å². The summed E-state index contributed by atoms with van der Waals surface area (Å²) in [5, 5.41) is 4.00. The van der Waals surface area contributed by atoms with E-state index in [1.54, 1.807) is 26.0 Å². The molecule has 162 valence electrons. The molecule has 0 bridgehead atoms. The second kappa shape index (κ2) is 10.2. The van der Waals surface area contributed by atoms with Crippen molar-refractivity contribution in [3.63, 3.8) is 0 Å². The Bertz CT molecular complexity index is 1100. The van der Waals surface area contributed by atoms with Crippen LogP contribution in [-0.4, -0.2) is 24.6 Å². The van der Waals surface area contributed by atoms with E-state index in [-0.39, 0.29) is 6.61 Å². The van der Waals surface area contributed by atoms with Crippen molar-refractivity contribution < 1.29 is 19.1 Å². The molecule has 3 aromatic rings. The lowest BCUT2D eigenvalue weighted by Crippen LogP contribution is -2.30. The Hall–Kier alpha value is -2.54. The van der Waals surface area contributed by atoms with Crippen molar-refractivity contribution in [3.05, 3.63) is 69.0 Å². The van der Waals surface area contributed by atoms with Gasteiger partial charge in [-0.3, -0.25) is 4.79 Å². The van der Waals surface area contributed by atoms with E-state index in [0.717, 1.165) is 16.0 Å². The third kappa shape index (κ3) is 5.39. The quantitative estimate of drug-likeness (QED) is 0.388. The highest BCUT2D eigenvalue weighted by atomic mass is 35.5. The van der Waals surface area contributed by atoms with Gasteiger partial charge in [0.05, 0.1) is 11.6 Å². The Balaban J connectivity index is 1.89. The van der Waals surface area contributed by atoms with Crippen LogP contribution >= 0.6 is 34.5 Å². The number of carbonyl (C=O) groups excluding carboxylic acids is 2. The van der Waals surface area contributed by atoms with Gasteiger partial charge in [-0.1, -0.05) is 53.5 Å². The van der Waals surface area contributed by atoms with Crippen LogP contribution in [0, 0.1) is 6.92 Å². The minimum absolute atomic E-state index is 0.226. The molecule has 8 heteroatoms. The Morgan fingerprint density at radius 2 is 1.84 bits per heavy atom. The van der Waals surface area contributed by atoms with E-state index in [9.17, 15) is 9.59 Å². The number of rotatable bonds is 7. The number of hydrogen-bond acceptors (Lipinski definition) is 5. The van der Waals surface area contributed by atoms with E-state index in [4.69, 9.17) is 32.7 Å². The zero-order chi connectivity index (χ0) is 22.5. The van der Waals surface area contributed by atoms with Gasteiger partial charge in [0.1, 0.15) is 16.3 Å². The largest absolute Gasteiger partial charge is 0.479 e. The van der Waals surface area contributed by atoms with E-state index in [2.05, 4.69) is 5.32 Å². The van der Waals surface area contributed by atoms with Crippen molar-refractivity contribution in [3.8, 4) is 16.9 Å². The van der Waals surface area contributed by atoms with Gasteiger partial charge >= 0.3 is 5.97 Å². The third-order valence-electron chi connectivity index (χ3n) is 4.43. The van der Waals surface area contributed by atoms with E-state index in [1.807, 2.05) is 37.3 Å². The second-order valence-corrected chi connectivity index (χ2v) is 8.72. The molecule has 0 saturated carbocycles. The Morgan fingerprint density at radius 3 is 2.48 bits per heavy atom. The summed E-state index contributed by atoms with van der Waals surface area (Å²) < 4.78 is 11.0. The van der Waals surface area contributed by atoms with Crippen LogP contribution in [0.4, 0.5) is 5.00 Å². The number of amides is 1. The molecule has 1 unspecified atom stereocenters. The molecule has 1 heterocycles. The molecule has 5 nitrogen and oxygen atoms in total. The van der Waals surface area contributed by atoms with Crippen LogP contribution in [0.25, 0.3) is 11.1 Å². The number of nitrogens with one attached hydrogen (secondary N) is 1. The first kappa shape index (κ1) is 23.1. The molecule has 0 spiro atoms. The van der Waals surface area contributed by atoms with E-state index < -0.39 is 18.0 Å². The fourth-order valence-corrected chi connectivity index (χ4v) is 4.53. The van der Waals surface area contributed by atoms with Crippen molar-refractivity contribution in [2.45, 2.75) is 26.9 Å². The normalized spacial score (nSPS) is 11.6. The number of ether oxygens (including phenoxy) is 2. The number of anilines is 1. The van der Waals surface area contributed by atoms with Gasteiger partial charge in [0.15, 0.2) is 6.10 Å². The number of esters is 1. The fourth-order valence-electron chi connectivity index (χ4n) is 3.01. The summed E-state index contributed by atoms with van der Waals surface area (Å²) >= 11 is 13.3. The fraction of sp³-hybridized carbons (Fsp3) is 0.217. The van der Waals surface area contributed by atoms with Gasteiger partial charge in [0, 0.05) is 15.5 Å². The maximum absolute atomic E-state index is 12.8. The predicted molar refractivity (Wildman–Crippen MR) is 126 cm³/mol. The van der Waals surface area contributed by atoms with Crippen molar-refractivity contribution in [2.75, 3.05) is 11.9 Å². The predicted octanol–water partition coefficient (Wildman–Crippen LogP) is 6.61. The van der Waals surface area contributed by atoms with Crippen LogP contribution < -0.4 is 10.1 Å². The summed E-state index contributed by atoms with van der Waals surface area (Å²) in [5.41, 5.74) is 1.95. The van der Waals surface area contributed by atoms with Crippen molar-refractivity contribution in [2.24, 2.45) is 0 Å². The summed E-state index contributed by atoms with van der Waals surface area (Å²) in [6.07, 6.45) is -0.865. The SMILES string of the molecule is CCOC(=O)c1c(NC(=O)C(C)Oc2ccc(Cl)cc2Cl)sc(C)c1-c1ccccc1. The highest BCUT2D eigenvalue weighted by molar-refractivity contribution is 7.17. The van der Waals surface area contributed by atoms with Crippen LogP contribution in [0.5, 0.6) is 5.75 Å².